The van der Waals surface area contributed by atoms with E-state index >= 15 is 4.39 Å². The van der Waals surface area contributed by atoms with Crippen LogP contribution in [-0.4, -0.2) is 77.0 Å². The molecule has 10 heteroatoms. The van der Waals surface area contributed by atoms with Gasteiger partial charge in [0.05, 0.1) is 24.2 Å². The number of fused-ring (bicyclic) bond motifs is 3. The molecule has 1 N–H and O–H groups in total. The molecular formula is C37H41F2N5O3. The van der Waals surface area contributed by atoms with Crippen LogP contribution < -0.4 is 9.64 Å². The van der Waals surface area contributed by atoms with Crippen molar-refractivity contribution in [2.24, 2.45) is 11.3 Å². The van der Waals surface area contributed by atoms with E-state index in [1.165, 1.54) is 24.3 Å². The first-order valence-corrected chi connectivity index (χ1v) is 16.8. The topological polar surface area (TPSA) is 83.8 Å². The van der Waals surface area contributed by atoms with Gasteiger partial charge in [-0.05, 0) is 68.2 Å². The molecule has 2 aliphatic heterocycles. The Hall–Kier alpha value is -4.07. The van der Waals surface area contributed by atoms with Gasteiger partial charge in [-0.1, -0.05) is 32.3 Å². The average Bonchev–Trinajstić information content (AvgIpc) is 3.31. The maximum atomic E-state index is 16.9. The van der Waals surface area contributed by atoms with Gasteiger partial charge in [0.1, 0.15) is 28.6 Å². The molecule has 0 radical (unpaired) electrons. The number of piperidine rings is 1. The van der Waals surface area contributed by atoms with E-state index in [4.69, 9.17) is 20.9 Å². The first-order chi connectivity index (χ1) is 22.8. The standard InChI is InChI=1S/C37H41F2N5O3/c1-4-26-29(38)10-9-24-18-25(45)19-27(31(24)26)33-32(39)34-28(20-40-33)35(43-14-7-16-46-17-15-43)42-36(41-34)47-22-37-11-5-8-30(37)44(13-6-12-37)21-23(2)3/h1,9-10,18-20,23,30,45H,5-8,11-17,21-22H2,2-3H3. The minimum absolute atomic E-state index is 0.000190. The van der Waals surface area contributed by atoms with Gasteiger partial charge in [-0.3, -0.25) is 9.88 Å². The average molecular weight is 642 g/mol. The molecule has 3 fully saturated rings. The number of phenolic OH excluding ortho intramolecular Hbond substituents is 1. The van der Waals surface area contributed by atoms with Crippen LogP contribution in [0, 0.1) is 35.3 Å². The molecule has 4 aromatic rings. The molecule has 0 amide bonds. The van der Waals surface area contributed by atoms with Crippen molar-refractivity contribution in [2.75, 3.05) is 50.9 Å². The van der Waals surface area contributed by atoms with E-state index in [1.807, 2.05) is 0 Å². The lowest BCUT2D eigenvalue weighted by Gasteiger charge is -2.46. The zero-order chi connectivity index (χ0) is 32.7. The van der Waals surface area contributed by atoms with Gasteiger partial charge >= 0.3 is 6.01 Å². The second-order valence-electron chi connectivity index (χ2n) is 13.7. The first kappa shape index (κ1) is 31.5. The third-order valence-electron chi connectivity index (χ3n) is 10.1. The van der Waals surface area contributed by atoms with Gasteiger partial charge in [-0.2, -0.15) is 9.97 Å². The number of nitrogens with zero attached hydrogens (tertiary/aromatic N) is 5. The van der Waals surface area contributed by atoms with Crippen molar-refractivity contribution in [2.45, 2.75) is 58.4 Å². The summed E-state index contributed by atoms with van der Waals surface area (Å²) in [6, 6.07) is 6.13. The lowest BCUT2D eigenvalue weighted by Crippen LogP contribution is -2.52. The summed E-state index contributed by atoms with van der Waals surface area (Å²) < 4.78 is 43.9. The highest BCUT2D eigenvalue weighted by Crippen LogP contribution is 2.48. The fourth-order valence-corrected chi connectivity index (χ4v) is 8.13. The van der Waals surface area contributed by atoms with Crippen LogP contribution in [0.25, 0.3) is 32.9 Å². The van der Waals surface area contributed by atoms with Crippen molar-refractivity contribution in [3.63, 3.8) is 0 Å². The minimum Gasteiger partial charge on any atom is -0.508 e. The van der Waals surface area contributed by atoms with Crippen LogP contribution in [0.2, 0.25) is 0 Å². The van der Waals surface area contributed by atoms with E-state index in [1.54, 1.807) is 6.20 Å². The van der Waals surface area contributed by atoms with Crippen molar-refractivity contribution >= 4 is 27.5 Å². The summed E-state index contributed by atoms with van der Waals surface area (Å²) in [5, 5.41) is 11.8. The molecule has 246 valence electrons. The van der Waals surface area contributed by atoms with Crippen LogP contribution in [-0.2, 0) is 4.74 Å². The number of anilines is 1. The number of ether oxygens (including phenoxy) is 2. The molecule has 1 aliphatic carbocycles. The molecule has 2 saturated heterocycles. The number of rotatable bonds is 7. The number of halogens is 2. The van der Waals surface area contributed by atoms with E-state index < -0.39 is 11.6 Å². The number of terminal acetylenes is 1. The highest BCUT2D eigenvalue weighted by atomic mass is 19.1. The Labute approximate surface area is 274 Å². The molecule has 8 nitrogen and oxygen atoms in total. The second-order valence-corrected chi connectivity index (χ2v) is 13.7. The fourth-order valence-electron chi connectivity index (χ4n) is 8.13. The molecular weight excluding hydrogens is 600 g/mol. The maximum Gasteiger partial charge on any atom is 0.319 e. The smallest absolute Gasteiger partial charge is 0.319 e. The highest BCUT2D eigenvalue weighted by Gasteiger charge is 2.48. The molecule has 2 aromatic carbocycles. The molecule has 7 rings (SSSR count). The van der Waals surface area contributed by atoms with Crippen molar-refractivity contribution in [3.05, 3.63) is 47.7 Å². The number of hydrogen-bond acceptors (Lipinski definition) is 8. The zero-order valence-electron chi connectivity index (χ0n) is 27.1. The number of phenols is 1. The number of aromatic hydroxyl groups is 1. The number of hydrogen-bond donors (Lipinski definition) is 1. The number of benzene rings is 2. The molecule has 2 unspecified atom stereocenters. The van der Waals surface area contributed by atoms with E-state index in [0.717, 1.165) is 51.6 Å². The summed E-state index contributed by atoms with van der Waals surface area (Å²) >= 11 is 0. The van der Waals surface area contributed by atoms with Gasteiger partial charge in [0.15, 0.2) is 5.82 Å². The number of aromatic nitrogens is 3. The fraction of sp³-hybridized carbons (Fsp3) is 0.486. The van der Waals surface area contributed by atoms with Gasteiger partial charge in [-0.15, -0.1) is 6.42 Å². The van der Waals surface area contributed by atoms with Crippen LogP contribution in [0.5, 0.6) is 11.8 Å². The van der Waals surface area contributed by atoms with Crippen molar-refractivity contribution < 1.29 is 23.4 Å². The van der Waals surface area contributed by atoms with Crippen molar-refractivity contribution in [1.82, 2.24) is 19.9 Å². The Morgan fingerprint density at radius 3 is 2.79 bits per heavy atom. The summed E-state index contributed by atoms with van der Waals surface area (Å²) in [5.74, 6) is 2.06. The molecule has 1 saturated carbocycles. The predicted octanol–water partition coefficient (Wildman–Crippen LogP) is 6.71. The summed E-state index contributed by atoms with van der Waals surface area (Å²) in [5.41, 5.74) is 0.0975. The highest BCUT2D eigenvalue weighted by molar-refractivity contribution is 6.03. The predicted molar refractivity (Wildman–Crippen MR) is 179 cm³/mol. The molecule has 0 spiro atoms. The van der Waals surface area contributed by atoms with Crippen molar-refractivity contribution in [3.8, 4) is 35.4 Å². The second kappa shape index (κ2) is 12.9. The molecule has 4 heterocycles. The Morgan fingerprint density at radius 1 is 1.11 bits per heavy atom. The van der Waals surface area contributed by atoms with Gasteiger partial charge in [0.2, 0.25) is 0 Å². The minimum atomic E-state index is -0.723. The van der Waals surface area contributed by atoms with Crippen LogP contribution in [0.3, 0.4) is 0 Å². The van der Waals surface area contributed by atoms with Gasteiger partial charge in [0, 0.05) is 54.8 Å². The third-order valence-corrected chi connectivity index (χ3v) is 10.1. The Morgan fingerprint density at radius 2 is 1.96 bits per heavy atom. The van der Waals surface area contributed by atoms with Crippen molar-refractivity contribution in [1.29, 1.82) is 0 Å². The number of pyridine rings is 1. The van der Waals surface area contributed by atoms with Crippen LogP contribution in [0.15, 0.2) is 30.5 Å². The summed E-state index contributed by atoms with van der Waals surface area (Å²) in [6.45, 7) is 9.56. The van der Waals surface area contributed by atoms with E-state index in [9.17, 15) is 9.50 Å². The van der Waals surface area contributed by atoms with E-state index in [2.05, 4.69) is 39.5 Å². The molecule has 2 aromatic heterocycles. The maximum absolute atomic E-state index is 16.9. The van der Waals surface area contributed by atoms with Gasteiger partial charge in [-0.25, -0.2) is 8.78 Å². The lowest BCUT2D eigenvalue weighted by atomic mass is 9.75. The quantitative estimate of drug-likeness (QED) is 0.223. The SMILES string of the molecule is C#Cc1c(F)ccc2cc(O)cc(-c3ncc4c(N5CCCOCC5)nc(OCC56CCCC5N(CC(C)C)CCC6)nc4c3F)c12. The van der Waals surface area contributed by atoms with Crippen LogP contribution in [0.4, 0.5) is 14.6 Å². The Kier molecular flexibility index (Phi) is 8.62. The summed E-state index contributed by atoms with van der Waals surface area (Å²) in [6.07, 6.45) is 13.6. The first-order valence-electron chi connectivity index (χ1n) is 16.8. The van der Waals surface area contributed by atoms with Gasteiger partial charge < -0.3 is 19.5 Å². The summed E-state index contributed by atoms with van der Waals surface area (Å²) in [7, 11) is 0. The molecule has 3 aliphatic rings. The molecule has 2 atom stereocenters. The normalized spacial score (nSPS) is 22.0. The lowest BCUT2D eigenvalue weighted by molar-refractivity contribution is -0.00537. The van der Waals surface area contributed by atoms with E-state index in [-0.39, 0.29) is 39.5 Å². The monoisotopic (exact) mass is 641 g/mol. The van der Waals surface area contributed by atoms with Crippen LogP contribution in [0.1, 0.15) is 57.9 Å². The van der Waals surface area contributed by atoms with E-state index in [0.29, 0.717) is 66.8 Å². The zero-order valence-corrected chi connectivity index (χ0v) is 27.1. The third kappa shape index (κ3) is 5.85. The molecule has 0 bridgehead atoms. The van der Waals surface area contributed by atoms with Crippen LogP contribution >= 0.6 is 0 Å². The summed E-state index contributed by atoms with van der Waals surface area (Å²) in [4.78, 5) is 18.8. The Bertz CT molecular complexity index is 1850. The molecule has 47 heavy (non-hydrogen) atoms. The number of likely N-dealkylation sites (tertiary alicyclic amines) is 1. The largest absolute Gasteiger partial charge is 0.508 e. The Balaban J connectivity index is 1.34. The van der Waals surface area contributed by atoms with Gasteiger partial charge in [0.25, 0.3) is 0 Å².